The Morgan fingerprint density at radius 3 is 2.15 bits per heavy atom. The van der Waals surface area contributed by atoms with Crippen LogP contribution >= 0.6 is 0 Å². The van der Waals surface area contributed by atoms with Crippen LogP contribution in [0.1, 0.15) is 49.1 Å². The molecule has 3 rings (SSSR count). The van der Waals surface area contributed by atoms with Gasteiger partial charge in [-0.25, -0.2) is 18.2 Å². The van der Waals surface area contributed by atoms with Crippen LogP contribution in [0.4, 0.5) is 22.0 Å². The Labute approximate surface area is 194 Å². The van der Waals surface area contributed by atoms with Gasteiger partial charge in [-0.3, -0.25) is 10.0 Å². The fourth-order valence-corrected chi connectivity index (χ4v) is 6.63. The monoisotopic (exact) mass is 514 g/mol. The molecule has 0 saturated carbocycles. The molecular weight excluding hydrogens is 487 g/mol. The van der Waals surface area contributed by atoms with E-state index in [9.17, 15) is 35.2 Å². The van der Waals surface area contributed by atoms with Crippen molar-refractivity contribution in [2.24, 2.45) is 0 Å². The summed E-state index contributed by atoms with van der Waals surface area (Å²) in [7, 11) is -4.09. The van der Waals surface area contributed by atoms with Gasteiger partial charge in [-0.1, -0.05) is 24.3 Å². The fourth-order valence-electron chi connectivity index (χ4n) is 4.48. The molecule has 2 aliphatic rings. The fraction of sp³-hybridized carbons (Fsp3) is 0.667. The molecule has 7 nitrogen and oxygen atoms in total. The smallest absolute Gasteiger partial charge is 0.381 e. The van der Waals surface area contributed by atoms with E-state index < -0.39 is 45.6 Å². The Morgan fingerprint density at radius 1 is 1.09 bits per heavy atom. The minimum atomic E-state index is -5.58. The Morgan fingerprint density at radius 2 is 1.65 bits per heavy atom. The maximum absolute atomic E-state index is 13.3. The number of nitrogens with one attached hydrogen (secondary N) is 1. The predicted octanol–water partition coefficient (Wildman–Crippen LogP) is 3.38. The zero-order valence-electron chi connectivity index (χ0n) is 18.3. The first-order chi connectivity index (χ1) is 15.8. The summed E-state index contributed by atoms with van der Waals surface area (Å²) in [4.78, 5) is 12.3. The van der Waals surface area contributed by atoms with Crippen molar-refractivity contribution in [3.63, 3.8) is 0 Å². The van der Waals surface area contributed by atoms with Gasteiger partial charge in [0, 0.05) is 45.6 Å². The third-order valence-electron chi connectivity index (χ3n) is 6.70. The number of hydrogen-bond acceptors (Lipinski definition) is 5. The van der Waals surface area contributed by atoms with Gasteiger partial charge in [-0.2, -0.15) is 22.0 Å². The van der Waals surface area contributed by atoms with Gasteiger partial charge in [-0.15, -0.1) is 0 Å². The second-order valence-electron chi connectivity index (χ2n) is 8.67. The molecule has 0 aliphatic carbocycles. The standard InChI is InChI=1S/C21H27F5N2O5S/c22-20(23,21(24,25)26)8-5-15-1-3-16(4-2-15)17-6-11-28(12-7-17)34(31,32)19(18(29)27-30)9-13-33-14-10-19/h1-4,17,30H,5-14H2,(H,27,29). The van der Waals surface area contributed by atoms with E-state index in [1.807, 2.05) is 0 Å². The van der Waals surface area contributed by atoms with E-state index in [0.717, 1.165) is 5.56 Å². The first-order valence-electron chi connectivity index (χ1n) is 10.9. The highest BCUT2D eigenvalue weighted by Gasteiger charge is 2.56. The van der Waals surface area contributed by atoms with E-state index in [-0.39, 0.29) is 45.1 Å². The van der Waals surface area contributed by atoms with Crippen LogP contribution in [0.3, 0.4) is 0 Å². The number of carbonyl (C=O) groups is 1. The van der Waals surface area contributed by atoms with Crippen LogP contribution < -0.4 is 5.48 Å². The third kappa shape index (κ3) is 5.21. The van der Waals surface area contributed by atoms with Gasteiger partial charge in [0.2, 0.25) is 10.0 Å². The molecule has 13 heteroatoms. The summed E-state index contributed by atoms with van der Waals surface area (Å²) in [6.07, 6.45) is -6.60. The highest BCUT2D eigenvalue weighted by Crippen LogP contribution is 2.39. The number of alkyl halides is 5. The second-order valence-corrected chi connectivity index (χ2v) is 10.9. The lowest BCUT2D eigenvalue weighted by atomic mass is 9.89. The van der Waals surface area contributed by atoms with Crippen LogP contribution in [0.15, 0.2) is 24.3 Å². The number of nitrogens with zero attached hydrogens (tertiary/aromatic N) is 1. The minimum Gasteiger partial charge on any atom is -0.381 e. The summed E-state index contributed by atoms with van der Waals surface area (Å²) in [6.45, 7) is 0.441. The molecule has 0 aromatic heterocycles. The molecule has 0 spiro atoms. The molecule has 1 aromatic carbocycles. The lowest BCUT2D eigenvalue weighted by molar-refractivity contribution is -0.284. The Kier molecular flexibility index (Phi) is 7.90. The maximum atomic E-state index is 13.3. The van der Waals surface area contributed by atoms with E-state index in [0.29, 0.717) is 18.4 Å². The molecule has 2 aliphatic heterocycles. The van der Waals surface area contributed by atoms with Crippen molar-refractivity contribution in [1.82, 2.24) is 9.79 Å². The number of halogens is 5. The normalized spacial score (nSPS) is 20.8. The average Bonchev–Trinajstić information content (AvgIpc) is 2.82. The van der Waals surface area contributed by atoms with Crippen molar-refractivity contribution in [2.45, 2.75) is 61.3 Å². The number of hydrogen-bond donors (Lipinski definition) is 2. The zero-order valence-corrected chi connectivity index (χ0v) is 19.1. The van der Waals surface area contributed by atoms with Gasteiger partial charge < -0.3 is 4.74 Å². The molecule has 0 atom stereocenters. The van der Waals surface area contributed by atoms with E-state index in [1.165, 1.54) is 21.9 Å². The van der Waals surface area contributed by atoms with Gasteiger partial charge >= 0.3 is 12.1 Å². The third-order valence-corrected chi connectivity index (χ3v) is 9.32. The lowest BCUT2D eigenvalue weighted by Gasteiger charge is -2.40. The number of carbonyl (C=O) groups excluding carboxylic acids is 1. The topological polar surface area (TPSA) is 95.9 Å². The first-order valence-corrected chi connectivity index (χ1v) is 12.3. The number of sulfonamides is 1. The number of amides is 1. The highest BCUT2D eigenvalue weighted by molar-refractivity contribution is 7.91. The molecule has 0 bridgehead atoms. The molecule has 0 radical (unpaired) electrons. The molecule has 1 amide bonds. The van der Waals surface area contributed by atoms with Crippen molar-refractivity contribution in [2.75, 3.05) is 26.3 Å². The number of piperidine rings is 1. The molecule has 2 saturated heterocycles. The van der Waals surface area contributed by atoms with Crippen molar-refractivity contribution in [1.29, 1.82) is 0 Å². The number of rotatable bonds is 7. The number of ether oxygens (including phenoxy) is 1. The number of hydroxylamine groups is 1. The van der Waals surface area contributed by atoms with Crippen LogP contribution in [0.25, 0.3) is 0 Å². The van der Waals surface area contributed by atoms with E-state index in [2.05, 4.69) is 0 Å². The number of aryl methyl sites for hydroxylation is 1. The molecule has 2 heterocycles. The van der Waals surface area contributed by atoms with Crippen LogP contribution in [-0.2, 0) is 26.0 Å². The van der Waals surface area contributed by atoms with Crippen LogP contribution in [0.2, 0.25) is 0 Å². The van der Waals surface area contributed by atoms with Crippen molar-refractivity contribution in [3.8, 4) is 0 Å². The van der Waals surface area contributed by atoms with E-state index in [1.54, 1.807) is 12.1 Å². The van der Waals surface area contributed by atoms with Gasteiger partial charge in [0.1, 0.15) is 0 Å². The van der Waals surface area contributed by atoms with Gasteiger partial charge in [-0.05, 0) is 36.3 Å². The largest absolute Gasteiger partial charge is 0.453 e. The molecule has 0 unspecified atom stereocenters. The Balaban J connectivity index is 1.63. The Bertz CT molecular complexity index is 955. The van der Waals surface area contributed by atoms with Gasteiger partial charge in [0.15, 0.2) is 4.75 Å². The van der Waals surface area contributed by atoms with E-state index >= 15 is 0 Å². The zero-order chi connectivity index (χ0) is 25.2. The summed E-state index contributed by atoms with van der Waals surface area (Å²) in [5.74, 6) is -5.77. The van der Waals surface area contributed by atoms with Crippen LogP contribution in [0, 0.1) is 0 Å². The molecule has 2 N–H and O–H groups in total. The van der Waals surface area contributed by atoms with Crippen LogP contribution in [0.5, 0.6) is 0 Å². The summed E-state index contributed by atoms with van der Waals surface area (Å²) >= 11 is 0. The first kappa shape index (κ1) is 26.8. The molecule has 2 fully saturated rings. The predicted molar refractivity (Wildman–Crippen MR) is 111 cm³/mol. The summed E-state index contributed by atoms with van der Waals surface area (Å²) in [5, 5.41) is 9.13. The number of benzene rings is 1. The maximum Gasteiger partial charge on any atom is 0.453 e. The summed E-state index contributed by atoms with van der Waals surface area (Å²) in [5.41, 5.74) is 2.66. The second kappa shape index (κ2) is 10.0. The minimum absolute atomic E-state index is 0.0329. The summed E-state index contributed by atoms with van der Waals surface area (Å²) in [6, 6.07) is 6.34. The Hall–Kier alpha value is -1.83. The van der Waals surface area contributed by atoms with Gasteiger partial charge in [0.05, 0.1) is 0 Å². The van der Waals surface area contributed by atoms with Gasteiger partial charge in [0.25, 0.3) is 5.91 Å². The van der Waals surface area contributed by atoms with Crippen molar-refractivity contribution in [3.05, 3.63) is 35.4 Å². The lowest BCUT2D eigenvalue weighted by Crippen LogP contribution is -2.60. The van der Waals surface area contributed by atoms with Crippen LogP contribution in [-0.4, -0.2) is 67.0 Å². The quantitative estimate of drug-likeness (QED) is 0.331. The van der Waals surface area contributed by atoms with E-state index in [4.69, 9.17) is 9.94 Å². The SMILES string of the molecule is O=C(NO)C1(S(=O)(=O)N2CCC(c3ccc(CCC(F)(F)C(F)(F)F)cc3)CC2)CCOCC1. The molecule has 192 valence electrons. The average molecular weight is 515 g/mol. The molecule has 1 aromatic rings. The molecular formula is C21H27F5N2O5S. The van der Waals surface area contributed by atoms with Crippen molar-refractivity contribution < 1.29 is 45.1 Å². The summed E-state index contributed by atoms with van der Waals surface area (Å²) < 4.78 is 94.6. The molecule has 34 heavy (non-hydrogen) atoms. The highest BCUT2D eigenvalue weighted by atomic mass is 32.2. The van der Waals surface area contributed by atoms with Crippen molar-refractivity contribution >= 4 is 15.9 Å².